The summed E-state index contributed by atoms with van der Waals surface area (Å²) >= 11 is 0. The second-order valence-electron chi connectivity index (χ2n) is 7.02. The minimum atomic E-state index is -0.237. The van der Waals surface area contributed by atoms with E-state index in [-0.39, 0.29) is 18.5 Å². The van der Waals surface area contributed by atoms with Crippen molar-refractivity contribution in [3.05, 3.63) is 48.0 Å². The van der Waals surface area contributed by atoms with Gasteiger partial charge >= 0.3 is 0 Å². The lowest BCUT2D eigenvalue weighted by Crippen LogP contribution is -2.53. The predicted molar refractivity (Wildman–Crippen MR) is 102 cm³/mol. The van der Waals surface area contributed by atoms with Crippen LogP contribution in [-0.4, -0.2) is 70.6 Å². The fraction of sp³-hybridized carbons (Fsp3) is 0.550. The number of aliphatic hydroxyl groups excluding tert-OH is 1. The van der Waals surface area contributed by atoms with Crippen molar-refractivity contribution in [1.82, 2.24) is 19.6 Å². The Labute approximate surface area is 160 Å². The third-order valence-electron chi connectivity index (χ3n) is 5.21. The molecule has 1 atom stereocenters. The van der Waals surface area contributed by atoms with Crippen molar-refractivity contribution in [2.45, 2.75) is 32.0 Å². The summed E-state index contributed by atoms with van der Waals surface area (Å²) in [6, 6.07) is 7.19. The van der Waals surface area contributed by atoms with Crippen LogP contribution in [-0.2, 0) is 13.1 Å². The van der Waals surface area contributed by atoms with Gasteiger partial charge in [0.15, 0.2) is 0 Å². The maximum absolute atomic E-state index is 14.3. The summed E-state index contributed by atoms with van der Waals surface area (Å²) in [4.78, 5) is 4.72. The number of ether oxygens (including phenoxy) is 1. The van der Waals surface area contributed by atoms with Crippen LogP contribution in [0.1, 0.15) is 18.4 Å². The molecule has 1 aromatic carbocycles. The molecule has 1 aliphatic rings. The van der Waals surface area contributed by atoms with Gasteiger partial charge in [0, 0.05) is 75.9 Å². The summed E-state index contributed by atoms with van der Waals surface area (Å²) in [5.74, 6) is 0.295. The highest BCUT2D eigenvalue weighted by molar-refractivity contribution is 5.29. The molecule has 1 N–H and O–H groups in total. The molecule has 1 aromatic heterocycles. The highest BCUT2D eigenvalue weighted by Crippen LogP contribution is 2.21. The van der Waals surface area contributed by atoms with E-state index in [0.717, 1.165) is 39.1 Å². The molecule has 1 saturated heterocycles. The Bertz CT molecular complexity index is 695. The lowest BCUT2D eigenvalue weighted by molar-refractivity contribution is 0.0519. The van der Waals surface area contributed by atoms with Crippen molar-refractivity contribution in [1.29, 1.82) is 0 Å². The molecule has 1 aliphatic heterocycles. The summed E-state index contributed by atoms with van der Waals surface area (Å²) in [6.45, 7) is 5.35. The Kier molecular flexibility index (Phi) is 7.20. The van der Waals surface area contributed by atoms with Crippen LogP contribution in [0.15, 0.2) is 36.7 Å². The maximum Gasteiger partial charge on any atom is 0.131 e. The molecule has 0 aliphatic carbocycles. The SMILES string of the molecule is COc1ccc(CN2CCN(CCCn3cccn3)C[C@H]2CCO)c(F)c1. The van der Waals surface area contributed by atoms with E-state index in [9.17, 15) is 9.50 Å². The van der Waals surface area contributed by atoms with E-state index in [1.54, 1.807) is 18.3 Å². The molecule has 6 nitrogen and oxygen atoms in total. The first-order chi connectivity index (χ1) is 13.2. The molecule has 27 heavy (non-hydrogen) atoms. The number of rotatable bonds is 9. The van der Waals surface area contributed by atoms with E-state index in [1.807, 2.05) is 16.9 Å². The smallest absolute Gasteiger partial charge is 0.131 e. The predicted octanol–water partition coefficient (Wildman–Crippen LogP) is 1.99. The standard InChI is InChI=1S/C20H29FN4O2/c1-27-19-5-4-17(20(21)14-19)15-24-12-11-23(16-18(24)6-13-26)8-3-10-25-9-2-7-22-25/h2,4-5,7,9,14,18,26H,3,6,8,10-13,15-16H2,1H3/t18-/m1/s1. The third kappa shape index (κ3) is 5.51. The van der Waals surface area contributed by atoms with E-state index >= 15 is 0 Å². The van der Waals surface area contributed by atoms with Crippen LogP contribution < -0.4 is 4.74 Å². The molecule has 7 heteroatoms. The number of hydrogen-bond donors (Lipinski definition) is 1. The average Bonchev–Trinajstić information content (AvgIpc) is 3.19. The number of nitrogens with zero attached hydrogens (tertiary/aromatic N) is 4. The van der Waals surface area contributed by atoms with Crippen LogP contribution in [0.4, 0.5) is 4.39 Å². The van der Waals surface area contributed by atoms with E-state index in [1.165, 1.54) is 13.2 Å². The first-order valence-corrected chi connectivity index (χ1v) is 9.56. The molecule has 0 spiro atoms. The van der Waals surface area contributed by atoms with Crippen molar-refractivity contribution in [3.8, 4) is 5.75 Å². The molecule has 0 bridgehead atoms. The van der Waals surface area contributed by atoms with Crippen molar-refractivity contribution in [3.63, 3.8) is 0 Å². The number of benzene rings is 1. The topological polar surface area (TPSA) is 53.8 Å². The van der Waals surface area contributed by atoms with Crippen LogP contribution in [0.2, 0.25) is 0 Å². The Morgan fingerprint density at radius 2 is 2.19 bits per heavy atom. The van der Waals surface area contributed by atoms with Crippen LogP contribution in [0, 0.1) is 5.82 Å². The molecule has 1 fully saturated rings. The molecule has 3 rings (SSSR count). The zero-order chi connectivity index (χ0) is 19.1. The number of piperazine rings is 1. The second kappa shape index (κ2) is 9.82. The fourth-order valence-electron chi connectivity index (χ4n) is 3.68. The third-order valence-corrected chi connectivity index (χ3v) is 5.21. The highest BCUT2D eigenvalue weighted by atomic mass is 19.1. The number of aryl methyl sites for hydroxylation is 1. The molecule has 0 saturated carbocycles. The number of aliphatic hydroxyl groups is 1. The summed E-state index contributed by atoms with van der Waals surface area (Å²) in [7, 11) is 1.54. The van der Waals surface area contributed by atoms with Gasteiger partial charge in [0.1, 0.15) is 11.6 Å². The van der Waals surface area contributed by atoms with Gasteiger partial charge in [-0.3, -0.25) is 9.58 Å². The molecule has 148 valence electrons. The van der Waals surface area contributed by atoms with E-state index in [2.05, 4.69) is 14.9 Å². The van der Waals surface area contributed by atoms with Gasteiger partial charge in [0.2, 0.25) is 0 Å². The first kappa shape index (κ1) is 19.8. The quantitative estimate of drug-likeness (QED) is 0.725. The number of hydrogen-bond acceptors (Lipinski definition) is 5. The summed E-state index contributed by atoms with van der Waals surface area (Å²) in [5.41, 5.74) is 0.672. The van der Waals surface area contributed by atoms with Crippen LogP contribution in [0.3, 0.4) is 0 Å². The van der Waals surface area contributed by atoms with E-state index in [0.29, 0.717) is 24.3 Å². The van der Waals surface area contributed by atoms with Crippen LogP contribution in [0.25, 0.3) is 0 Å². The lowest BCUT2D eigenvalue weighted by atomic mass is 10.1. The Morgan fingerprint density at radius 3 is 2.89 bits per heavy atom. The van der Waals surface area contributed by atoms with Gasteiger partial charge in [-0.2, -0.15) is 5.10 Å². The second-order valence-corrected chi connectivity index (χ2v) is 7.02. The first-order valence-electron chi connectivity index (χ1n) is 9.56. The van der Waals surface area contributed by atoms with Gasteiger partial charge in [-0.15, -0.1) is 0 Å². The Hall–Kier alpha value is -1.96. The van der Waals surface area contributed by atoms with Gasteiger partial charge in [0.25, 0.3) is 0 Å². The summed E-state index contributed by atoms with van der Waals surface area (Å²) in [5, 5.41) is 13.7. The van der Waals surface area contributed by atoms with Crippen molar-refractivity contribution < 1.29 is 14.2 Å². The average molecular weight is 376 g/mol. The number of methoxy groups -OCH3 is 1. The van der Waals surface area contributed by atoms with E-state index < -0.39 is 0 Å². The number of aromatic nitrogens is 2. The zero-order valence-corrected chi connectivity index (χ0v) is 15.9. The van der Waals surface area contributed by atoms with Gasteiger partial charge in [0.05, 0.1) is 7.11 Å². The normalized spacial score (nSPS) is 18.7. The van der Waals surface area contributed by atoms with Crippen LogP contribution in [0.5, 0.6) is 5.75 Å². The van der Waals surface area contributed by atoms with Gasteiger partial charge < -0.3 is 14.7 Å². The largest absolute Gasteiger partial charge is 0.497 e. The van der Waals surface area contributed by atoms with Crippen molar-refractivity contribution in [2.24, 2.45) is 0 Å². The lowest BCUT2D eigenvalue weighted by Gasteiger charge is -2.41. The molecule has 0 radical (unpaired) electrons. The van der Waals surface area contributed by atoms with Gasteiger partial charge in [-0.25, -0.2) is 4.39 Å². The van der Waals surface area contributed by atoms with Crippen LogP contribution >= 0.6 is 0 Å². The maximum atomic E-state index is 14.3. The Morgan fingerprint density at radius 1 is 1.30 bits per heavy atom. The molecule has 0 unspecified atom stereocenters. The zero-order valence-electron chi connectivity index (χ0n) is 15.9. The fourth-order valence-corrected chi connectivity index (χ4v) is 3.68. The molecule has 0 amide bonds. The Balaban J connectivity index is 1.54. The summed E-state index contributed by atoms with van der Waals surface area (Å²) < 4.78 is 21.3. The van der Waals surface area contributed by atoms with Gasteiger partial charge in [-0.05, 0) is 25.0 Å². The molecular formula is C20H29FN4O2. The van der Waals surface area contributed by atoms with Crippen molar-refractivity contribution in [2.75, 3.05) is 39.9 Å². The van der Waals surface area contributed by atoms with Gasteiger partial charge in [-0.1, -0.05) is 6.07 Å². The minimum Gasteiger partial charge on any atom is -0.497 e. The summed E-state index contributed by atoms with van der Waals surface area (Å²) in [6.07, 6.45) is 5.53. The minimum absolute atomic E-state index is 0.146. The highest BCUT2D eigenvalue weighted by Gasteiger charge is 2.27. The van der Waals surface area contributed by atoms with Crippen molar-refractivity contribution >= 4 is 0 Å². The molecular weight excluding hydrogens is 347 g/mol. The monoisotopic (exact) mass is 376 g/mol. The molecule has 2 aromatic rings. The molecule has 2 heterocycles. The van der Waals surface area contributed by atoms with E-state index in [4.69, 9.17) is 4.74 Å². The number of halogens is 1.